The van der Waals surface area contributed by atoms with Crippen LogP contribution < -0.4 is 19.7 Å². The number of carbonyl (C=O) groups excluding carboxylic acids is 1. The fraction of sp³-hybridized carbons (Fsp3) is 0.136. The molecule has 3 aromatic rings. The first-order valence-electron chi connectivity index (χ1n) is 8.68. The Hall–Kier alpha value is -3.47. The van der Waals surface area contributed by atoms with Crippen molar-refractivity contribution in [1.29, 1.82) is 0 Å². The van der Waals surface area contributed by atoms with Crippen LogP contribution in [0.2, 0.25) is 0 Å². The molecule has 0 radical (unpaired) electrons. The van der Waals surface area contributed by atoms with Crippen LogP contribution in [-0.4, -0.2) is 19.9 Å². The van der Waals surface area contributed by atoms with Gasteiger partial charge in [0.25, 0.3) is 0 Å². The lowest BCUT2D eigenvalue weighted by atomic mass is 10.2. The summed E-state index contributed by atoms with van der Waals surface area (Å²) in [5.41, 5.74) is 1.86. The minimum absolute atomic E-state index is 0.0390. The largest absolute Gasteiger partial charge is 0.493 e. The second-order valence-electron chi connectivity index (χ2n) is 5.83. The van der Waals surface area contributed by atoms with E-state index in [2.05, 4.69) is 5.32 Å². The van der Waals surface area contributed by atoms with E-state index in [0.29, 0.717) is 18.0 Å². The van der Waals surface area contributed by atoms with Crippen molar-refractivity contribution in [2.75, 3.05) is 18.7 Å². The zero-order valence-electron chi connectivity index (χ0n) is 15.2. The molecule has 3 rings (SSSR count). The third kappa shape index (κ3) is 5.01. The standard InChI is InChI=1S/C22H22N2O3/c1-26-20-14-8-9-15-21(20)27-17-23-22(25)24(19-12-6-3-7-13-19)16-18-10-4-2-5-11-18/h2-15H,16-17H2,1H3,(H,23,25). The second-order valence-corrected chi connectivity index (χ2v) is 5.83. The highest BCUT2D eigenvalue weighted by Crippen LogP contribution is 2.25. The summed E-state index contributed by atoms with van der Waals surface area (Å²) in [7, 11) is 1.58. The quantitative estimate of drug-likeness (QED) is 0.632. The number of anilines is 1. The summed E-state index contributed by atoms with van der Waals surface area (Å²) >= 11 is 0. The maximum atomic E-state index is 12.8. The van der Waals surface area contributed by atoms with Crippen LogP contribution in [0.1, 0.15) is 5.56 Å². The molecule has 5 heteroatoms. The Morgan fingerprint density at radius 1 is 0.852 bits per heavy atom. The van der Waals surface area contributed by atoms with Crippen LogP contribution in [0.15, 0.2) is 84.9 Å². The van der Waals surface area contributed by atoms with Gasteiger partial charge in [-0.15, -0.1) is 0 Å². The van der Waals surface area contributed by atoms with Crippen LogP contribution >= 0.6 is 0 Å². The second kappa shape index (κ2) is 9.29. The van der Waals surface area contributed by atoms with E-state index in [1.807, 2.05) is 78.9 Å². The number of benzene rings is 3. The van der Waals surface area contributed by atoms with Crippen LogP contribution in [0.25, 0.3) is 0 Å². The van der Waals surface area contributed by atoms with E-state index in [4.69, 9.17) is 9.47 Å². The third-order valence-electron chi connectivity index (χ3n) is 4.02. The number of para-hydroxylation sites is 3. The summed E-state index contributed by atoms with van der Waals surface area (Å²) in [6.07, 6.45) is 0. The van der Waals surface area contributed by atoms with Gasteiger partial charge in [-0.1, -0.05) is 60.7 Å². The maximum Gasteiger partial charge on any atom is 0.324 e. The number of amides is 2. The number of methoxy groups -OCH3 is 1. The fourth-order valence-electron chi connectivity index (χ4n) is 2.66. The van der Waals surface area contributed by atoms with Gasteiger partial charge in [-0.25, -0.2) is 4.79 Å². The molecular weight excluding hydrogens is 340 g/mol. The topological polar surface area (TPSA) is 50.8 Å². The number of urea groups is 1. The van der Waals surface area contributed by atoms with Crippen molar-refractivity contribution >= 4 is 11.7 Å². The monoisotopic (exact) mass is 362 g/mol. The van der Waals surface area contributed by atoms with Crippen LogP contribution in [0.3, 0.4) is 0 Å². The first-order valence-corrected chi connectivity index (χ1v) is 8.68. The zero-order valence-corrected chi connectivity index (χ0v) is 15.2. The minimum Gasteiger partial charge on any atom is -0.493 e. The Kier molecular flexibility index (Phi) is 6.30. The highest BCUT2D eigenvalue weighted by Gasteiger charge is 2.16. The van der Waals surface area contributed by atoms with Crippen molar-refractivity contribution in [1.82, 2.24) is 5.32 Å². The summed E-state index contributed by atoms with van der Waals surface area (Å²) in [6, 6.07) is 26.5. The predicted octanol–water partition coefficient (Wildman–Crippen LogP) is 4.45. The Balaban J connectivity index is 1.67. The van der Waals surface area contributed by atoms with Crippen molar-refractivity contribution in [2.45, 2.75) is 6.54 Å². The average molecular weight is 362 g/mol. The number of carbonyl (C=O) groups is 1. The summed E-state index contributed by atoms with van der Waals surface area (Å²) in [5, 5.41) is 2.81. The average Bonchev–Trinajstić information content (AvgIpc) is 2.73. The van der Waals surface area contributed by atoms with Gasteiger partial charge < -0.3 is 14.8 Å². The molecule has 1 N–H and O–H groups in total. The van der Waals surface area contributed by atoms with Crippen molar-refractivity contribution in [3.63, 3.8) is 0 Å². The van der Waals surface area contributed by atoms with Crippen molar-refractivity contribution in [2.24, 2.45) is 0 Å². The molecule has 0 bridgehead atoms. The molecule has 0 fully saturated rings. The van der Waals surface area contributed by atoms with Crippen LogP contribution in [0, 0.1) is 0 Å². The molecule has 0 aliphatic carbocycles. The van der Waals surface area contributed by atoms with E-state index in [1.165, 1.54) is 0 Å². The van der Waals surface area contributed by atoms with Crippen LogP contribution in [-0.2, 0) is 6.54 Å². The molecule has 0 aromatic heterocycles. The predicted molar refractivity (Wildman–Crippen MR) is 106 cm³/mol. The molecule has 0 aliphatic heterocycles. The van der Waals surface area contributed by atoms with Gasteiger partial charge in [-0.3, -0.25) is 4.90 Å². The Labute approximate surface area is 159 Å². The molecule has 0 aliphatic rings. The first-order chi connectivity index (χ1) is 13.3. The summed E-state index contributed by atoms with van der Waals surface area (Å²) < 4.78 is 10.9. The summed E-state index contributed by atoms with van der Waals surface area (Å²) in [4.78, 5) is 14.5. The summed E-state index contributed by atoms with van der Waals surface area (Å²) in [5.74, 6) is 1.20. The number of nitrogens with zero attached hydrogens (tertiary/aromatic N) is 1. The maximum absolute atomic E-state index is 12.8. The molecule has 0 spiro atoms. The number of hydrogen-bond donors (Lipinski definition) is 1. The Morgan fingerprint density at radius 3 is 2.11 bits per heavy atom. The van der Waals surface area contributed by atoms with Crippen LogP contribution in [0.5, 0.6) is 11.5 Å². The highest BCUT2D eigenvalue weighted by atomic mass is 16.5. The smallest absolute Gasteiger partial charge is 0.324 e. The van der Waals surface area contributed by atoms with Gasteiger partial charge in [0.2, 0.25) is 0 Å². The van der Waals surface area contributed by atoms with E-state index in [1.54, 1.807) is 18.1 Å². The molecule has 27 heavy (non-hydrogen) atoms. The van der Waals surface area contributed by atoms with Gasteiger partial charge >= 0.3 is 6.03 Å². The molecule has 138 valence electrons. The molecule has 0 saturated carbocycles. The molecule has 0 saturated heterocycles. The van der Waals surface area contributed by atoms with Crippen molar-refractivity contribution in [3.05, 3.63) is 90.5 Å². The highest BCUT2D eigenvalue weighted by molar-refractivity contribution is 5.91. The summed E-state index contributed by atoms with van der Waals surface area (Å²) in [6.45, 7) is 0.503. The number of ether oxygens (including phenoxy) is 2. The lowest BCUT2D eigenvalue weighted by Crippen LogP contribution is -2.41. The molecule has 0 heterocycles. The number of rotatable bonds is 7. The van der Waals surface area contributed by atoms with Gasteiger partial charge in [0.15, 0.2) is 18.2 Å². The zero-order chi connectivity index (χ0) is 18.9. The van der Waals surface area contributed by atoms with Crippen molar-refractivity contribution in [3.8, 4) is 11.5 Å². The van der Waals surface area contributed by atoms with Gasteiger partial charge in [0, 0.05) is 5.69 Å². The van der Waals surface area contributed by atoms with E-state index >= 15 is 0 Å². The van der Waals surface area contributed by atoms with Gasteiger partial charge in [0.05, 0.1) is 13.7 Å². The Bertz CT molecular complexity index is 854. The van der Waals surface area contributed by atoms with Gasteiger partial charge in [-0.05, 0) is 29.8 Å². The van der Waals surface area contributed by atoms with E-state index in [0.717, 1.165) is 11.3 Å². The molecule has 0 unspecified atom stereocenters. The van der Waals surface area contributed by atoms with E-state index in [-0.39, 0.29) is 12.8 Å². The fourth-order valence-corrected chi connectivity index (χ4v) is 2.66. The lowest BCUT2D eigenvalue weighted by molar-refractivity contribution is 0.226. The van der Waals surface area contributed by atoms with E-state index in [9.17, 15) is 4.79 Å². The van der Waals surface area contributed by atoms with Crippen molar-refractivity contribution < 1.29 is 14.3 Å². The molecular formula is C22H22N2O3. The molecule has 5 nitrogen and oxygen atoms in total. The van der Waals surface area contributed by atoms with Crippen LogP contribution in [0.4, 0.5) is 10.5 Å². The third-order valence-corrected chi connectivity index (χ3v) is 4.02. The molecule has 0 atom stereocenters. The minimum atomic E-state index is -0.236. The molecule has 3 aromatic carbocycles. The first kappa shape index (κ1) is 18.3. The van der Waals surface area contributed by atoms with Gasteiger partial charge in [0.1, 0.15) is 0 Å². The lowest BCUT2D eigenvalue weighted by Gasteiger charge is -2.23. The SMILES string of the molecule is COc1ccccc1OCNC(=O)N(Cc1ccccc1)c1ccccc1. The van der Waals surface area contributed by atoms with Gasteiger partial charge in [-0.2, -0.15) is 0 Å². The number of nitrogens with one attached hydrogen (secondary N) is 1. The Morgan fingerprint density at radius 2 is 1.44 bits per heavy atom. The number of hydrogen-bond acceptors (Lipinski definition) is 3. The molecule has 2 amide bonds. The van der Waals surface area contributed by atoms with E-state index < -0.39 is 0 Å². The normalized spacial score (nSPS) is 10.1.